The van der Waals surface area contributed by atoms with Crippen LogP contribution in [0.4, 0.5) is 14.5 Å². The lowest BCUT2D eigenvalue weighted by Gasteiger charge is -2.12. The van der Waals surface area contributed by atoms with Crippen LogP contribution in [0.5, 0.6) is 0 Å². The molecule has 0 unspecified atom stereocenters. The molecule has 1 N–H and O–H groups in total. The number of rotatable bonds is 4. The summed E-state index contributed by atoms with van der Waals surface area (Å²) in [6.07, 6.45) is 3.92. The van der Waals surface area contributed by atoms with Crippen LogP contribution < -0.4 is 5.32 Å². The molecule has 0 fully saturated rings. The van der Waals surface area contributed by atoms with E-state index in [0.29, 0.717) is 5.56 Å². The number of para-hydroxylation sites is 1. The molecule has 0 radical (unpaired) electrons. The maximum atomic E-state index is 13.5. The first kappa shape index (κ1) is 16.6. The van der Waals surface area contributed by atoms with Gasteiger partial charge in [-0.3, -0.25) is 4.79 Å². The molecule has 0 spiro atoms. The minimum Gasteiger partial charge on any atom is -0.452 e. The van der Waals surface area contributed by atoms with Crippen LogP contribution in [0.15, 0.2) is 23.6 Å². The highest BCUT2D eigenvalue weighted by molar-refractivity contribution is 7.10. The Morgan fingerprint density at radius 3 is 2.62 bits per heavy atom. The van der Waals surface area contributed by atoms with Gasteiger partial charge in [0.05, 0.1) is 5.56 Å². The Morgan fingerprint density at radius 1 is 1.17 bits per heavy atom. The number of amides is 1. The standard InChI is InChI=1S/C17H15F2NO3S/c18-12-5-3-6-13(19)16(12)20-15(21)8-23-17(22)11-9-24-14-7-2-1-4-10(11)14/h3,5-6,9H,1-2,4,7-8H2,(H,20,21). The summed E-state index contributed by atoms with van der Waals surface area (Å²) in [7, 11) is 0. The Morgan fingerprint density at radius 2 is 1.88 bits per heavy atom. The zero-order chi connectivity index (χ0) is 17.1. The number of esters is 1. The Labute approximate surface area is 141 Å². The van der Waals surface area contributed by atoms with Gasteiger partial charge in [-0.25, -0.2) is 13.6 Å². The second-order valence-electron chi connectivity index (χ2n) is 5.48. The van der Waals surface area contributed by atoms with Gasteiger partial charge in [-0.1, -0.05) is 6.07 Å². The largest absolute Gasteiger partial charge is 0.452 e. The van der Waals surface area contributed by atoms with Gasteiger partial charge < -0.3 is 10.1 Å². The molecule has 1 heterocycles. The lowest BCUT2D eigenvalue weighted by atomic mass is 9.96. The van der Waals surface area contributed by atoms with Crippen molar-refractivity contribution in [2.24, 2.45) is 0 Å². The Kier molecular flexibility index (Phi) is 4.89. The van der Waals surface area contributed by atoms with Crippen LogP contribution >= 0.6 is 11.3 Å². The highest BCUT2D eigenvalue weighted by Crippen LogP contribution is 2.30. The molecular formula is C17H15F2NO3S. The molecule has 3 rings (SSSR count). The fraction of sp³-hybridized carbons (Fsp3) is 0.294. The zero-order valence-electron chi connectivity index (χ0n) is 12.7. The molecule has 24 heavy (non-hydrogen) atoms. The Balaban J connectivity index is 1.60. The minimum atomic E-state index is -0.887. The Bertz CT molecular complexity index is 768. The van der Waals surface area contributed by atoms with Crippen LogP contribution in [-0.2, 0) is 22.4 Å². The van der Waals surface area contributed by atoms with E-state index in [2.05, 4.69) is 5.32 Å². The summed E-state index contributed by atoms with van der Waals surface area (Å²) >= 11 is 1.52. The molecule has 0 aliphatic heterocycles. The molecule has 0 atom stereocenters. The minimum absolute atomic E-state index is 0.486. The van der Waals surface area contributed by atoms with E-state index in [1.165, 1.54) is 22.3 Å². The number of hydrogen-bond acceptors (Lipinski definition) is 4. The third kappa shape index (κ3) is 3.46. The number of aryl methyl sites for hydroxylation is 1. The van der Waals surface area contributed by atoms with Crippen LogP contribution in [0.3, 0.4) is 0 Å². The van der Waals surface area contributed by atoms with E-state index in [4.69, 9.17) is 4.74 Å². The summed E-state index contributed by atoms with van der Waals surface area (Å²) in [5.74, 6) is -3.15. The van der Waals surface area contributed by atoms with Crippen LogP contribution in [0, 0.1) is 11.6 Å². The van der Waals surface area contributed by atoms with E-state index in [0.717, 1.165) is 43.4 Å². The summed E-state index contributed by atoms with van der Waals surface area (Å²) in [4.78, 5) is 25.1. The predicted octanol–water partition coefficient (Wildman–Crippen LogP) is 3.70. The smallest absolute Gasteiger partial charge is 0.339 e. The van der Waals surface area contributed by atoms with Crippen molar-refractivity contribution in [2.75, 3.05) is 11.9 Å². The molecule has 0 saturated heterocycles. The van der Waals surface area contributed by atoms with E-state index in [1.54, 1.807) is 5.38 Å². The Hall–Kier alpha value is -2.28. The van der Waals surface area contributed by atoms with Crippen molar-refractivity contribution < 1.29 is 23.1 Å². The molecule has 1 aliphatic carbocycles. The predicted molar refractivity (Wildman–Crippen MR) is 86.2 cm³/mol. The first-order chi connectivity index (χ1) is 11.6. The molecule has 4 nitrogen and oxygen atoms in total. The number of nitrogens with one attached hydrogen (secondary N) is 1. The molecular weight excluding hydrogens is 336 g/mol. The molecule has 0 bridgehead atoms. The van der Waals surface area contributed by atoms with Crippen molar-refractivity contribution in [3.8, 4) is 0 Å². The number of fused-ring (bicyclic) bond motifs is 1. The van der Waals surface area contributed by atoms with Gasteiger partial charge in [0.25, 0.3) is 5.91 Å². The second kappa shape index (κ2) is 7.09. The average molecular weight is 351 g/mol. The van der Waals surface area contributed by atoms with E-state index >= 15 is 0 Å². The molecule has 1 amide bonds. The summed E-state index contributed by atoms with van der Waals surface area (Å²) in [5, 5.41) is 3.82. The average Bonchev–Trinajstić information content (AvgIpc) is 3.00. The second-order valence-corrected chi connectivity index (χ2v) is 6.44. The SMILES string of the molecule is O=C(COC(=O)c1csc2c1CCCC2)Nc1c(F)cccc1F. The zero-order valence-corrected chi connectivity index (χ0v) is 13.6. The first-order valence-corrected chi connectivity index (χ1v) is 8.44. The highest BCUT2D eigenvalue weighted by Gasteiger charge is 2.22. The number of benzene rings is 1. The van der Waals surface area contributed by atoms with Gasteiger partial charge in [0.1, 0.15) is 17.3 Å². The lowest BCUT2D eigenvalue weighted by molar-refractivity contribution is -0.119. The molecule has 1 aliphatic rings. The van der Waals surface area contributed by atoms with E-state index < -0.39 is 35.8 Å². The topological polar surface area (TPSA) is 55.4 Å². The normalized spacial score (nSPS) is 13.2. The third-order valence-corrected chi connectivity index (χ3v) is 4.93. The fourth-order valence-electron chi connectivity index (χ4n) is 2.67. The number of halogens is 2. The molecule has 126 valence electrons. The van der Waals surface area contributed by atoms with E-state index in [9.17, 15) is 18.4 Å². The number of carbonyl (C=O) groups is 2. The number of carbonyl (C=O) groups excluding carboxylic acids is 2. The number of anilines is 1. The number of ether oxygens (including phenoxy) is 1. The van der Waals surface area contributed by atoms with Crippen molar-refractivity contribution in [3.05, 3.63) is 51.2 Å². The van der Waals surface area contributed by atoms with Gasteiger partial charge in [-0.05, 0) is 43.4 Å². The van der Waals surface area contributed by atoms with E-state index in [1.807, 2.05) is 0 Å². The fourth-order valence-corrected chi connectivity index (χ4v) is 3.78. The first-order valence-electron chi connectivity index (χ1n) is 7.56. The summed E-state index contributed by atoms with van der Waals surface area (Å²) < 4.78 is 31.9. The number of thiophene rings is 1. The van der Waals surface area contributed by atoms with Crippen LogP contribution in [-0.4, -0.2) is 18.5 Å². The summed E-state index contributed by atoms with van der Waals surface area (Å²) in [6, 6.07) is 3.25. The number of hydrogen-bond donors (Lipinski definition) is 1. The highest BCUT2D eigenvalue weighted by atomic mass is 32.1. The van der Waals surface area contributed by atoms with Crippen molar-refractivity contribution in [1.82, 2.24) is 0 Å². The summed E-state index contributed by atoms with van der Waals surface area (Å²) in [6.45, 7) is -0.600. The van der Waals surface area contributed by atoms with Gasteiger partial charge in [0.15, 0.2) is 6.61 Å². The van der Waals surface area contributed by atoms with Crippen molar-refractivity contribution in [3.63, 3.8) is 0 Å². The maximum absolute atomic E-state index is 13.5. The lowest BCUT2D eigenvalue weighted by Crippen LogP contribution is -2.22. The van der Waals surface area contributed by atoms with Gasteiger partial charge >= 0.3 is 5.97 Å². The molecule has 1 aromatic carbocycles. The van der Waals surface area contributed by atoms with Gasteiger partial charge in [0.2, 0.25) is 0 Å². The van der Waals surface area contributed by atoms with Crippen LogP contribution in [0.25, 0.3) is 0 Å². The van der Waals surface area contributed by atoms with Crippen molar-refractivity contribution >= 4 is 28.9 Å². The third-order valence-electron chi connectivity index (χ3n) is 3.84. The van der Waals surface area contributed by atoms with Gasteiger partial charge in [-0.2, -0.15) is 0 Å². The molecule has 2 aromatic rings. The molecule has 7 heteroatoms. The van der Waals surface area contributed by atoms with E-state index in [-0.39, 0.29) is 0 Å². The quantitative estimate of drug-likeness (QED) is 0.855. The van der Waals surface area contributed by atoms with Crippen LogP contribution in [0.1, 0.15) is 33.6 Å². The monoisotopic (exact) mass is 351 g/mol. The summed E-state index contributed by atoms with van der Waals surface area (Å²) in [5.41, 5.74) is 0.933. The molecule has 0 saturated carbocycles. The molecule has 1 aromatic heterocycles. The van der Waals surface area contributed by atoms with Gasteiger partial charge in [0, 0.05) is 10.3 Å². The van der Waals surface area contributed by atoms with Crippen LogP contribution in [0.2, 0.25) is 0 Å². The maximum Gasteiger partial charge on any atom is 0.339 e. The van der Waals surface area contributed by atoms with Crippen molar-refractivity contribution in [2.45, 2.75) is 25.7 Å². The van der Waals surface area contributed by atoms with Gasteiger partial charge in [-0.15, -0.1) is 11.3 Å². The van der Waals surface area contributed by atoms with Crippen molar-refractivity contribution in [1.29, 1.82) is 0 Å².